The maximum Gasteiger partial charge on any atom is 0.233 e. The van der Waals surface area contributed by atoms with Gasteiger partial charge in [-0.25, -0.2) is 0 Å². The maximum absolute atomic E-state index is 7.69. The number of rotatable bonds is 1. The van der Waals surface area contributed by atoms with Crippen molar-refractivity contribution >= 4 is 7.41 Å². The van der Waals surface area contributed by atoms with Crippen molar-refractivity contribution < 1.29 is 5.11 Å². The minimum atomic E-state index is -0.0278. The zero-order valence-electron chi connectivity index (χ0n) is 2.31. The van der Waals surface area contributed by atoms with E-state index in [1.165, 1.54) is 7.41 Å². The van der Waals surface area contributed by atoms with E-state index in [0.29, 0.717) is 0 Å². The molecule has 0 saturated carbocycles. The van der Waals surface area contributed by atoms with Crippen molar-refractivity contribution in [1.29, 1.82) is 0 Å². The molecule has 0 aliphatic heterocycles. The predicted molar refractivity (Wildman–Crippen MR) is 17.0 cm³/mol. The van der Waals surface area contributed by atoms with Crippen molar-refractivity contribution in [3.63, 3.8) is 0 Å². The SMILES string of the molecule is N[B]CO. The van der Waals surface area contributed by atoms with Crippen LogP contribution in [0.1, 0.15) is 0 Å². The van der Waals surface area contributed by atoms with Crippen molar-refractivity contribution in [2.75, 3.05) is 6.51 Å². The van der Waals surface area contributed by atoms with E-state index >= 15 is 0 Å². The second kappa shape index (κ2) is 2.98. The van der Waals surface area contributed by atoms with E-state index in [0.717, 1.165) is 0 Å². The lowest BCUT2D eigenvalue weighted by Gasteiger charge is -1.66. The van der Waals surface area contributed by atoms with Crippen LogP contribution in [0, 0.1) is 0 Å². The molecule has 23 valence electrons. The van der Waals surface area contributed by atoms with Gasteiger partial charge in [0.05, 0.1) is 0 Å². The molecule has 0 rings (SSSR count). The van der Waals surface area contributed by atoms with E-state index in [1.54, 1.807) is 0 Å². The van der Waals surface area contributed by atoms with Crippen LogP contribution in [0.3, 0.4) is 0 Å². The van der Waals surface area contributed by atoms with Crippen LogP contribution in [0.2, 0.25) is 0 Å². The summed E-state index contributed by atoms with van der Waals surface area (Å²) in [5, 5.41) is 7.69. The molecule has 0 aromatic heterocycles. The second-order valence-electron chi connectivity index (χ2n) is 0.418. The quantitative estimate of drug-likeness (QED) is 0.361. The molecule has 0 saturated heterocycles. The van der Waals surface area contributed by atoms with E-state index < -0.39 is 0 Å². The van der Waals surface area contributed by atoms with E-state index in [4.69, 9.17) is 5.11 Å². The van der Waals surface area contributed by atoms with Gasteiger partial charge in [0.1, 0.15) is 0 Å². The van der Waals surface area contributed by atoms with Crippen LogP contribution in [0.15, 0.2) is 0 Å². The standard InChI is InChI=1S/CH5BNO/c3-2-1-4/h4H,1,3H2. The molecule has 0 unspecified atom stereocenters. The van der Waals surface area contributed by atoms with Crippen LogP contribution in [-0.2, 0) is 0 Å². The summed E-state index contributed by atoms with van der Waals surface area (Å²) >= 11 is 0. The Bertz CT molecular complexity index is 10.0. The average molecular weight is 57.9 g/mol. The van der Waals surface area contributed by atoms with Gasteiger partial charge in [0.2, 0.25) is 7.41 Å². The van der Waals surface area contributed by atoms with Crippen molar-refractivity contribution in [2.24, 2.45) is 5.64 Å². The Morgan fingerprint density at radius 1 is 2.00 bits per heavy atom. The van der Waals surface area contributed by atoms with Gasteiger partial charge < -0.3 is 10.8 Å². The predicted octanol–water partition coefficient (Wildman–Crippen LogP) is -1.49. The fourth-order valence-corrected chi connectivity index (χ4v) is 0. The summed E-state index contributed by atoms with van der Waals surface area (Å²) in [5.74, 6) is 0. The minimum absolute atomic E-state index is 0.0278. The monoisotopic (exact) mass is 58.0 g/mol. The Balaban J connectivity index is 1.97. The highest BCUT2D eigenvalue weighted by molar-refractivity contribution is 6.30. The van der Waals surface area contributed by atoms with Gasteiger partial charge in [-0.3, -0.25) is 0 Å². The van der Waals surface area contributed by atoms with Gasteiger partial charge in [0.25, 0.3) is 0 Å². The second-order valence-corrected chi connectivity index (χ2v) is 0.418. The summed E-state index contributed by atoms with van der Waals surface area (Å²) < 4.78 is 0. The van der Waals surface area contributed by atoms with E-state index in [-0.39, 0.29) is 6.51 Å². The summed E-state index contributed by atoms with van der Waals surface area (Å²) in [7, 11) is 1.18. The number of aliphatic hydroxyl groups is 1. The number of hydrogen-bond acceptors (Lipinski definition) is 2. The topological polar surface area (TPSA) is 46.2 Å². The van der Waals surface area contributed by atoms with Gasteiger partial charge in [-0.2, -0.15) is 0 Å². The smallest absolute Gasteiger partial charge is 0.233 e. The molecule has 0 aromatic carbocycles. The third kappa shape index (κ3) is 1.98. The fourth-order valence-electron chi connectivity index (χ4n) is 0. The Morgan fingerprint density at radius 2 is 2.25 bits per heavy atom. The molecular formula is CH5BNO. The summed E-state index contributed by atoms with van der Waals surface area (Å²) in [6.45, 7) is -0.0278. The van der Waals surface area contributed by atoms with Crippen molar-refractivity contribution in [3.05, 3.63) is 0 Å². The zero-order chi connectivity index (χ0) is 3.41. The third-order valence-electron chi connectivity index (χ3n) is 0.105. The van der Waals surface area contributed by atoms with E-state index in [1.807, 2.05) is 0 Å². The Kier molecular flexibility index (Phi) is 2.97. The van der Waals surface area contributed by atoms with Gasteiger partial charge >= 0.3 is 0 Å². The van der Waals surface area contributed by atoms with E-state index in [2.05, 4.69) is 5.64 Å². The van der Waals surface area contributed by atoms with Crippen LogP contribution < -0.4 is 5.64 Å². The van der Waals surface area contributed by atoms with Gasteiger partial charge in [-0.15, -0.1) is 0 Å². The van der Waals surface area contributed by atoms with Crippen molar-refractivity contribution in [3.8, 4) is 0 Å². The average Bonchev–Trinajstić information content (AvgIpc) is 1.37. The maximum atomic E-state index is 7.69. The highest BCUT2D eigenvalue weighted by atomic mass is 16.2. The highest BCUT2D eigenvalue weighted by Gasteiger charge is 1.63. The van der Waals surface area contributed by atoms with Crippen LogP contribution >= 0.6 is 0 Å². The first kappa shape index (κ1) is 3.98. The van der Waals surface area contributed by atoms with Crippen LogP contribution in [0.4, 0.5) is 0 Å². The molecule has 0 heterocycles. The normalized spacial score (nSPS) is 6.50. The summed E-state index contributed by atoms with van der Waals surface area (Å²) in [6, 6.07) is 0. The molecule has 2 nitrogen and oxygen atoms in total. The molecule has 0 aliphatic rings. The number of hydrogen-bond donors (Lipinski definition) is 2. The number of aliphatic hydroxyl groups excluding tert-OH is 1. The molecule has 3 N–H and O–H groups in total. The molecule has 0 amide bonds. The van der Waals surface area contributed by atoms with E-state index in [9.17, 15) is 0 Å². The molecule has 0 bridgehead atoms. The van der Waals surface area contributed by atoms with Gasteiger partial charge in [-0.05, 0) is 0 Å². The van der Waals surface area contributed by atoms with Crippen LogP contribution in [-0.4, -0.2) is 19.0 Å². The minimum Gasteiger partial charge on any atom is -0.403 e. The Labute approximate surface area is 25.9 Å². The Hall–Kier alpha value is -0.0151. The molecule has 0 aromatic rings. The van der Waals surface area contributed by atoms with Gasteiger partial charge in [-0.1, -0.05) is 0 Å². The third-order valence-corrected chi connectivity index (χ3v) is 0.105. The highest BCUT2D eigenvalue weighted by Crippen LogP contribution is 1.27. The molecule has 0 aliphatic carbocycles. The molecule has 1 radical (unpaired) electrons. The zero-order valence-corrected chi connectivity index (χ0v) is 2.31. The first-order chi connectivity index (χ1) is 1.91. The van der Waals surface area contributed by atoms with Crippen molar-refractivity contribution in [1.82, 2.24) is 0 Å². The molecule has 3 heteroatoms. The van der Waals surface area contributed by atoms with Crippen LogP contribution in [0.25, 0.3) is 0 Å². The first-order valence-corrected chi connectivity index (χ1v) is 1.06. The molecular weight excluding hydrogens is 52.8 g/mol. The molecule has 0 spiro atoms. The summed E-state index contributed by atoms with van der Waals surface area (Å²) in [5.41, 5.74) is 4.65. The largest absolute Gasteiger partial charge is 0.403 e. The summed E-state index contributed by atoms with van der Waals surface area (Å²) in [6.07, 6.45) is 0. The lowest BCUT2D eigenvalue weighted by atomic mass is 10.0. The van der Waals surface area contributed by atoms with Gasteiger partial charge in [0, 0.05) is 6.51 Å². The Morgan fingerprint density at radius 3 is 2.25 bits per heavy atom. The molecule has 0 atom stereocenters. The van der Waals surface area contributed by atoms with Crippen molar-refractivity contribution in [2.45, 2.75) is 0 Å². The molecule has 0 fully saturated rings. The van der Waals surface area contributed by atoms with Gasteiger partial charge in [0.15, 0.2) is 0 Å². The fraction of sp³-hybridized carbons (Fsp3) is 1.00. The molecule has 4 heavy (non-hydrogen) atoms. The summed E-state index contributed by atoms with van der Waals surface area (Å²) in [4.78, 5) is 0. The number of nitrogens with two attached hydrogens (primary N) is 1. The lowest BCUT2D eigenvalue weighted by Crippen LogP contribution is -2.08. The van der Waals surface area contributed by atoms with Crippen LogP contribution in [0.5, 0.6) is 0 Å². The lowest BCUT2D eigenvalue weighted by molar-refractivity contribution is 0.366. The first-order valence-electron chi connectivity index (χ1n) is 1.06.